The van der Waals surface area contributed by atoms with Gasteiger partial charge in [-0.2, -0.15) is 0 Å². The van der Waals surface area contributed by atoms with Crippen molar-refractivity contribution in [3.05, 3.63) is 65.7 Å². The van der Waals surface area contributed by atoms with E-state index < -0.39 is 0 Å². The third-order valence-corrected chi connectivity index (χ3v) is 5.24. The first-order chi connectivity index (χ1) is 14.7. The summed E-state index contributed by atoms with van der Waals surface area (Å²) in [6.07, 6.45) is 2.55. The van der Waals surface area contributed by atoms with Crippen LogP contribution in [-0.2, 0) is 0 Å². The summed E-state index contributed by atoms with van der Waals surface area (Å²) in [5.74, 6) is 0.682. The van der Waals surface area contributed by atoms with Gasteiger partial charge in [0.1, 0.15) is 0 Å². The van der Waals surface area contributed by atoms with Gasteiger partial charge in [-0.1, -0.05) is 30.3 Å². The van der Waals surface area contributed by atoms with Crippen molar-refractivity contribution in [2.24, 2.45) is 4.99 Å². The van der Waals surface area contributed by atoms with Crippen LogP contribution in [0.2, 0.25) is 0 Å². The quantitative estimate of drug-likeness (QED) is 0.357. The van der Waals surface area contributed by atoms with E-state index in [1.807, 2.05) is 37.3 Å². The van der Waals surface area contributed by atoms with Gasteiger partial charge in [0.15, 0.2) is 5.96 Å². The standard InChI is InChI=1S/C24H33N5O/c1-3-25-24(27-15-14-26-23(30)20-10-5-4-6-11-20)28-19(2)21-12-9-13-22(18-21)29-16-7-8-17-29/h4-6,9-13,18-19H,3,7-8,14-17H2,1-2H3,(H,26,30)(H2,25,27,28). The first-order valence-electron chi connectivity index (χ1n) is 10.9. The van der Waals surface area contributed by atoms with E-state index in [4.69, 9.17) is 0 Å². The van der Waals surface area contributed by atoms with Crippen molar-refractivity contribution < 1.29 is 4.79 Å². The highest BCUT2D eigenvalue weighted by molar-refractivity contribution is 5.94. The van der Waals surface area contributed by atoms with Crippen LogP contribution in [0.1, 0.15) is 48.7 Å². The Hall–Kier alpha value is -3.02. The summed E-state index contributed by atoms with van der Waals surface area (Å²) in [5.41, 5.74) is 3.20. The molecular formula is C24H33N5O. The van der Waals surface area contributed by atoms with E-state index in [2.05, 4.69) is 57.0 Å². The van der Waals surface area contributed by atoms with Gasteiger partial charge in [0.25, 0.3) is 5.91 Å². The van der Waals surface area contributed by atoms with Gasteiger partial charge in [0.05, 0.1) is 12.6 Å². The van der Waals surface area contributed by atoms with Gasteiger partial charge in [0.2, 0.25) is 0 Å². The average Bonchev–Trinajstić information content (AvgIpc) is 3.32. The predicted octanol–water partition coefficient (Wildman–Crippen LogP) is 3.33. The Kier molecular flexibility index (Phi) is 8.12. The Morgan fingerprint density at radius 1 is 1.07 bits per heavy atom. The van der Waals surface area contributed by atoms with Crippen molar-refractivity contribution in [2.45, 2.75) is 32.7 Å². The molecule has 1 heterocycles. The normalized spacial score (nSPS) is 15.0. The van der Waals surface area contributed by atoms with Crippen LogP contribution in [0, 0.1) is 0 Å². The zero-order chi connectivity index (χ0) is 21.2. The second-order valence-corrected chi connectivity index (χ2v) is 7.54. The topological polar surface area (TPSA) is 68.8 Å². The van der Waals surface area contributed by atoms with E-state index >= 15 is 0 Å². The van der Waals surface area contributed by atoms with Gasteiger partial charge in [-0.05, 0) is 56.5 Å². The number of aliphatic imine (C=N–C) groups is 1. The highest BCUT2D eigenvalue weighted by atomic mass is 16.1. The molecule has 1 amide bonds. The number of nitrogens with one attached hydrogen (secondary N) is 3. The number of amides is 1. The van der Waals surface area contributed by atoms with Crippen LogP contribution in [0.4, 0.5) is 5.69 Å². The number of rotatable bonds is 8. The fourth-order valence-corrected chi connectivity index (χ4v) is 3.60. The molecule has 0 saturated carbocycles. The molecule has 6 nitrogen and oxygen atoms in total. The molecule has 3 N–H and O–H groups in total. The monoisotopic (exact) mass is 407 g/mol. The van der Waals surface area contributed by atoms with Crippen LogP contribution in [0.25, 0.3) is 0 Å². The number of hydrogen-bond acceptors (Lipinski definition) is 3. The maximum absolute atomic E-state index is 12.1. The zero-order valence-electron chi connectivity index (χ0n) is 18.0. The Morgan fingerprint density at radius 2 is 1.83 bits per heavy atom. The first-order valence-corrected chi connectivity index (χ1v) is 10.9. The van der Waals surface area contributed by atoms with Crippen LogP contribution in [0.15, 0.2) is 59.6 Å². The van der Waals surface area contributed by atoms with E-state index in [0.29, 0.717) is 18.7 Å². The summed E-state index contributed by atoms with van der Waals surface area (Å²) in [6.45, 7) is 8.26. The molecule has 160 valence electrons. The maximum Gasteiger partial charge on any atom is 0.251 e. The molecule has 2 aromatic carbocycles. The molecule has 0 spiro atoms. The van der Waals surface area contributed by atoms with E-state index in [9.17, 15) is 4.79 Å². The maximum atomic E-state index is 12.1. The van der Waals surface area contributed by atoms with Gasteiger partial charge < -0.3 is 20.9 Å². The van der Waals surface area contributed by atoms with Gasteiger partial charge in [-0.25, -0.2) is 0 Å². The highest BCUT2D eigenvalue weighted by Gasteiger charge is 2.14. The molecule has 3 rings (SSSR count). The fraction of sp³-hybridized carbons (Fsp3) is 0.417. The van der Waals surface area contributed by atoms with Crippen LogP contribution >= 0.6 is 0 Å². The molecule has 1 atom stereocenters. The molecule has 2 aromatic rings. The number of guanidine groups is 1. The number of benzene rings is 2. The predicted molar refractivity (Wildman–Crippen MR) is 124 cm³/mol. The molecule has 1 saturated heterocycles. The zero-order valence-corrected chi connectivity index (χ0v) is 18.0. The Morgan fingerprint density at radius 3 is 2.57 bits per heavy atom. The molecular weight excluding hydrogens is 374 g/mol. The number of nitrogens with zero attached hydrogens (tertiary/aromatic N) is 2. The minimum atomic E-state index is -0.0733. The number of anilines is 1. The number of carbonyl (C=O) groups is 1. The molecule has 30 heavy (non-hydrogen) atoms. The van der Waals surface area contributed by atoms with Crippen molar-refractivity contribution >= 4 is 17.6 Å². The van der Waals surface area contributed by atoms with Crippen molar-refractivity contribution in [3.8, 4) is 0 Å². The summed E-state index contributed by atoms with van der Waals surface area (Å²) in [4.78, 5) is 19.2. The Balaban J connectivity index is 1.54. The summed E-state index contributed by atoms with van der Waals surface area (Å²) in [6, 6.07) is 18.1. The summed E-state index contributed by atoms with van der Waals surface area (Å²) in [7, 11) is 0. The summed E-state index contributed by atoms with van der Waals surface area (Å²) < 4.78 is 0. The van der Waals surface area contributed by atoms with Gasteiger partial charge >= 0.3 is 0 Å². The van der Waals surface area contributed by atoms with Crippen LogP contribution in [-0.4, -0.2) is 44.6 Å². The Bertz CT molecular complexity index is 830. The minimum absolute atomic E-state index is 0.0733. The third kappa shape index (κ3) is 6.24. The minimum Gasteiger partial charge on any atom is -0.372 e. The molecule has 1 unspecified atom stereocenters. The average molecular weight is 408 g/mol. The molecule has 0 aromatic heterocycles. The van der Waals surface area contributed by atoms with Crippen molar-refractivity contribution in [1.82, 2.24) is 16.0 Å². The van der Waals surface area contributed by atoms with Crippen LogP contribution in [0.3, 0.4) is 0 Å². The molecule has 0 bridgehead atoms. The fourth-order valence-electron chi connectivity index (χ4n) is 3.60. The molecule has 0 radical (unpaired) electrons. The van der Waals surface area contributed by atoms with Crippen molar-refractivity contribution in [3.63, 3.8) is 0 Å². The molecule has 1 fully saturated rings. The van der Waals surface area contributed by atoms with E-state index in [1.165, 1.54) is 24.1 Å². The third-order valence-electron chi connectivity index (χ3n) is 5.24. The number of carbonyl (C=O) groups excluding carboxylic acids is 1. The van der Waals surface area contributed by atoms with E-state index in [1.54, 1.807) is 0 Å². The molecule has 1 aliphatic rings. The lowest BCUT2D eigenvalue weighted by molar-refractivity contribution is 0.0955. The van der Waals surface area contributed by atoms with Crippen LogP contribution < -0.4 is 20.9 Å². The molecule has 1 aliphatic heterocycles. The highest BCUT2D eigenvalue weighted by Crippen LogP contribution is 2.23. The summed E-state index contributed by atoms with van der Waals surface area (Å²) in [5, 5.41) is 9.68. The lowest BCUT2D eigenvalue weighted by atomic mass is 10.1. The number of hydrogen-bond donors (Lipinski definition) is 3. The Labute approximate surface area is 179 Å². The molecule has 6 heteroatoms. The van der Waals surface area contributed by atoms with Gasteiger partial charge in [-0.3, -0.25) is 9.79 Å². The van der Waals surface area contributed by atoms with Crippen LogP contribution in [0.5, 0.6) is 0 Å². The van der Waals surface area contributed by atoms with E-state index in [-0.39, 0.29) is 11.9 Å². The lowest BCUT2D eigenvalue weighted by Gasteiger charge is -2.22. The summed E-state index contributed by atoms with van der Waals surface area (Å²) >= 11 is 0. The largest absolute Gasteiger partial charge is 0.372 e. The van der Waals surface area contributed by atoms with E-state index in [0.717, 1.165) is 25.6 Å². The SMILES string of the molecule is CCNC(=NCCNC(=O)c1ccccc1)NC(C)c1cccc(N2CCCC2)c1. The second kappa shape index (κ2) is 11.2. The van der Waals surface area contributed by atoms with Crippen molar-refractivity contribution in [1.29, 1.82) is 0 Å². The van der Waals surface area contributed by atoms with Crippen molar-refractivity contribution in [2.75, 3.05) is 37.6 Å². The lowest BCUT2D eigenvalue weighted by Crippen LogP contribution is -2.39. The van der Waals surface area contributed by atoms with Gasteiger partial charge in [0, 0.05) is 37.4 Å². The first kappa shape index (κ1) is 21.7. The van der Waals surface area contributed by atoms with Gasteiger partial charge in [-0.15, -0.1) is 0 Å². The molecule has 0 aliphatic carbocycles. The second-order valence-electron chi connectivity index (χ2n) is 7.54. The smallest absolute Gasteiger partial charge is 0.251 e.